The van der Waals surface area contributed by atoms with Gasteiger partial charge in [-0.1, -0.05) is 26.2 Å². The zero-order valence-electron chi connectivity index (χ0n) is 15.8. The maximum atomic E-state index is 12.0. The van der Waals surface area contributed by atoms with Crippen LogP contribution in [0, 0.1) is 0 Å². The highest BCUT2D eigenvalue weighted by Gasteiger charge is 2.27. The highest BCUT2D eigenvalue weighted by Crippen LogP contribution is 2.28. The molecule has 1 aromatic heterocycles. The van der Waals surface area contributed by atoms with Crippen LogP contribution >= 0.6 is 0 Å². The molecule has 0 amide bonds. The molecule has 1 aromatic carbocycles. The van der Waals surface area contributed by atoms with Crippen LogP contribution in [0.1, 0.15) is 57.4 Å². The molecule has 2 heterocycles. The molecule has 26 heavy (non-hydrogen) atoms. The monoisotopic (exact) mass is 354 g/mol. The standard InChI is InChI=1S/C22H30N2O2/c1-2-16-15-23-22(25)20-9-8-19(14-21(16)20)26-18-10-12-24(13-11-18)17-6-4-3-5-7-17/h8-9,14-15,17-18H,2-7,10-13H2,1H3,(H,23,25). The molecule has 0 atom stereocenters. The molecule has 140 valence electrons. The Bertz CT molecular complexity index is 799. The lowest BCUT2D eigenvalue weighted by Crippen LogP contribution is -2.44. The number of aromatic amines is 1. The Morgan fingerprint density at radius 2 is 1.85 bits per heavy atom. The Balaban J connectivity index is 1.42. The minimum Gasteiger partial charge on any atom is -0.490 e. The minimum absolute atomic E-state index is 0.0236. The van der Waals surface area contributed by atoms with E-state index in [0.29, 0.717) is 6.10 Å². The van der Waals surface area contributed by atoms with Crippen molar-refractivity contribution in [1.82, 2.24) is 9.88 Å². The maximum Gasteiger partial charge on any atom is 0.255 e. The number of ether oxygens (including phenoxy) is 1. The smallest absolute Gasteiger partial charge is 0.255 e. The van der Waals surface area contributed by atoms with Gasteiger partial charge in [-0.05, 0) is 61.3 Å². The summed E-state index contributed by atoms with van der Waals surface area (Å²) in [6, 6.07) is 6.71. The molecule has 4 nitrogen and oxygen atoms in total. The zero-order chi connectivity index (χ0) is 17.9. The van der Waals surface area contributed by atoms with Gasteiger partial charge in [-0.25, -0.2) is 0 Å². The first-order valence-electron chi connectivity index (χ1n) is 10.3. The molecular weight excluding hydrogens is 324 g/mol. The lowest BCUT2D eigenvalue weighted by Gasteiger charge is -2.39. The third-order valence-corrected chi connectivity index (χ3v) is 6.21. The van der Waals surface area contributed by atoms with Gasteiger partial charge >= 0.3 is 0 Å². The second kappa shape index (κ2) is 7.83. The van der Waals surface area contributed by atoms with Crippen LogP contribution in [-0.4, -0.2) is 35.1 Å². The number of aromatic nitrogens is 1. The van der Waals surface area contributed by atoms with E-state index in [4.69, 9.17) is 4.74 Å². The number of piperidine rings is 1. The number of nitrogens with one attached hydrogen (secondary N) is 1. The quantitative estimate of drug-likeness (QED) is 0.892. The number of benzene rings is 1. The number of fused-ring (bicyclic) bond motifs is 1. The van der Waals surface area contributed by atoms with Gasteiger partial charge in [0, 0.05) is 30.7 Å². The molecule has 2 fully saturated rings. The van der Waals surface area contributed by atoms with E-state index in [1.165, 1.54) is 32.1 Å². The number of aryl methyl sites for hydroxylation is 1. The number of nitrogens with zero attached hydrogens (tertiary/aromatic N) is 1. The van der Waals surface area contributed by atoms with E-state index in [2.05, 4.69) is 22.9 Å². The van der Waals surface area contributed by atoms with Crippen LogP contribution in [0.4, 0.5) is 0 Å². The molecular formula is C22H30N2O2. The fraction of sp³-hybridized carbons (Fsp3) is 0.591. The summed E-state index contributed by atoms with van der Waals surface area (Å²) in [5.41, 5.74) is 1.14. The van der Waals surface area contributed by atoms with Crippen molar-refractivity contribution < 1.29 is 4.74 Å². The van der Waals surface area contributed by atoms with Crippen LogP contribution in [0.2, 0.25) is 0 Å². The fourth-order valence-electron chi connectivity index (χ4n) is 4.66. The third-order valence-electron chi connectivity index (χ3n) is 6.21. The van der Waals surface area contributed by atoms with Crippen molar-refractivity contribution in [2.24, 2.45) is 0 Å². The summed E-state index contributed by atoms with van der Waals surface area (Å²) < 4.78 is 6.30. The van der Waals surface area contributed by atoms with Gasteiger partial charge in [-0.3, -0.25) is 4.79 Å². The van der Waals surface area contributed by atoms with Crippen molar-refractivity contribution in [2.45, 2.75) is 70.4 Å². The van der Waals surface area contributed by atoms with Crippen molar-refractivity contribution in [1.29, 1.82) is 0 Å². The maximum absolute atomic E-state index is 12.0. The Labute approximate surface area is 155 Å². The summed E-state index contributed by atoms with van der Waals surface area (Å²) in [6.07, 6.45) is 12.2. The van der Waals surface area contributed by atoms with Crippen molar-refractivity contribution in [3.8, 4) is 5.75 Å². The van der Waals surface area contributed by atoms with Gasteiger partial charge in [0.25, 0.3) is 5.56 Å². The number of H-pyrrole nitrogens is 1. The number of rotatable bonds is 4. The molecule has 1 N–H and O–H groups in total. The average Bonchev–Trinajstić information content (AvgIpc) is 2.70. The normalized spacial score (nSPS) is 20.5. The van der Waals surface area contributed by atoms with E-state index in [1.54, 1.807) is 0 Å². The Kier molecular flexibility index (Phi) is 5.30. The van der Waals surface area contributed by atoms with Gasteiger partial charge in [0.05, 0.1) is 0 Å². The molecule has 0 bridgehead atoms. The van der Waals surface area contributed by atoms with Crippen molar-refractivity contribution >= 4 is 10.8 Å². The number of pyridine rings is 1. The summed E-state index contributed by atoms with van der Waals surface area (Å²) >= 11 is 0. The SMILES string of the molecule is CCc1c[nH]c(=O)c2ccc(OC3CCN(C4CCCCC4)CC3)cc12. The topological polar surface area (TPSA) is 45.3 Å². The molecule has 1 saturated heterocycles. The average molecular weight is 354 g/mol. The first kappa shape index (κ1) is 17.6. The number of likely N-dealkylation sites (tertiary alicyclic amines) is 1. The first-order valence-corrected chi connectivity index (χ1v) is 10.3. The number of hydrogen-bond acceptors (Lipinski definition) is 3. The van der Waals surface area contributed by atoms with Gasteiger partial charge in [-0.2, -0.15) is 0 Å². The van der Waals surface area contributed by atoms with Gasteiger partial charge < -0.3 is 14.6 Å². The van der Waals surface area contributed by atoms with Crippen LogP contribution in [0.3, 0.4) is 0 Å². The van der Waals surface area contributed by atoms with Crippen LogP contribution < -0.4 is 10.3 Å². The Morgan fingerprint density at radius 3 is 2.58 bits per heavy atom. The zero-order valence-corrected chi connectivity index (χ0v) is 15.8. The second-order valence-electron chi connectivity index (χ2n) is 7.85. The minimum atomic E-state index is -0.0236. The van der Waals surface area contributed by atoms with Crippen LogP contribution in [0.15, 0.2) is 29.2 Å². The van der Waals surface area contributed by atoms with E-state index >= 15 is 0 Å². The predicted molar refractivity (Wildman–Crippen MR) is 106 cm³/mol. The highest BCUT2D eigenvalue weighted by molar-refractivity contribution is 5.85. The van der Waals surface area contributed by atoms with Gasteiger partial charge in [0.2, 0.25) is 0 Å². The van der Waals surface area contributed by atoms with E-state index in [0.717, 1.165) is 60.5 Å². The summed E-state index contributed by atoms with van der Waals surface area (Å²) in [7, 11) is 0. The van der Waals surface area contributed by atoms with Crippen LogP contribution in [0.25, 0.3) is 10.8 Å². The van der Waals surface area contributed by atoms with Gasteiger partial charge in [-0.15, -0.1) is 0 Å². The van der Waals surface area contributed by atoms with E-state index in [9.17, 15) is 4.79 Å². The molecule has 1 aliphatic heterocycles. The number of hydrogen-bond donors (Lipinski definition) is 1. The van der Waals surface area contributed by atoms with Gasteiger partial charge in [0.15, 0.2) is 0 Å². The lowest BCUT2D eigenvalue weighted by atomic mass is 9.92. The molecule has 1 saturated carbocycles. The fourth-order valence-corrected chi connectivity index (χ4v) is 4.66. The van der Waals surface area contributed by atoms with Crippen LogP contribution in [-0.2, 0) is 6.42 Å². The predicted octanol–water partition coefficient (Wildman–Crippen LogP) is 4.27. The van der Waals surface area contributed by atoms with Crippen molar-refractivity contribution in [3.63, 3.8) is 0 Å². The van der Waals surface area contributed by atoms with E-state index < -0.39 is 0 Å². The largest absolute Gasteiger partial charge is 0.490 e. The Hall–Kier alpha value is -1.81. The summed E-state index contributed by atoms with van der Waals surface area (Å²) in [5.74, 6) is 0.897. The molecule has 0 radical (unpaired) electrons. The third kappa shape index (κ3) is 3.66. The van der Waals surface area contributed by atoms with E-state index in [1.807, 2.05) is 18.3 Å². The highest BCUT2D eigenvalue weighted by atomic mass is 16.5. The first-order chi connectivity index (χ1) is 12.7. The molecule has 2 aromatic rings. The van der Waals surface area contributed by atoms with Crippen LogP contribution in [0.5, 0.6) is 5.75 Å². The molecule has 4 heteroatoms. The summed E-state index contributed by atoms with van der Waals surface area (Å²) in [4.78, 5) is 17.6. The Morgan fingerprint density at radius 1 is 1.08 bits per heavy atom. The molecule has 0 spiro atoms. The molecule has 4 rings (SSSR count). The second-order valence-corrected chi connectivity index (χ2v) is 7.85. The summed E-state index contributed by atoms with van der Waals surface area (Å²) in [6.45, 7) is 4.42. The molecule has 1 aliphatic carbocycles. The van der Waals surface area contributed by atoms with Crippen molar-refractivity contribution in [2.75, 3.05) is 13.1 Å². The van der Waals surface area contributed by atoms with E-state index in [-0.39, 0.29) is 5.56 Å². The van der Waals surface area contributed by atoms with Gasteiger partial charge in [0.1, 0.15) is 11.9 Å². The molecule has 0 unspecified atom stereocenters. The lowest BCUT2D eigenvalue weighted by molar-refractivity contribution is 0.0631. The molecule has 2 aliphatic rings. The summed E-state index contributed by atoms with van der Waals surface area (Å²) in [5, 5.41) is 1.78. The van der Waals surface area contributed by atoms with Crippen molar-refractivity contribution in [3.05, 3.63) is 40.3 Å².